The summed E-state index contributed by atoms with van der Waals surface area (Å²) in [5, 5.41) is 2.52. The van der Waals surface area contributed by atoms with Crippen molar-refractivity contribution in [3.05, 3.63) is 24.3 Å². The Hall–Kier alpha value is -1.36. The lowest BCUT2D eigenvalue weighted by molar-refractivity contribution is -0.129. The van der Waals surface area contributed by atoms with Crippen LogP contribution in [-0.2, 0) is 4.79 Å². The first kappa shape index (κ1) is 12.7. The molecule has 0 aromatic heterocycles. The summed E-state index contributed by atoms with van der Waals surface area (Å²) in [6.45, 7) is 0.261. The molecule has 0 spiro atoms. The molecule has 0 saturated heterocycles. The standard InChI is InChI=1S/C10H11NO3.CH4S/c1-11-10(12)9-6-13-7-4-2-3-5-8(7)14-9;1-2/h2-5,9H,6H2,1H3,(H,11,12);2H,1H3/t9-;/m0./s1. The number of likely N-dealkylation sites (N-methyl/N-ethyl adjacent to an activating group) is 1. The Morgan fingerprint density at radius 3 is 2.62 bits per heavy atom. The van der Waals surface area contributed by atoms with Crippen LogP contribution in [0, 0.1) is 0 Å². The molecule has 2 rings (SSSR count). The third-order valence-corrected chi connectivity index (χ3v) is 2.05. The molecule has 1 aliphatic rings. The van der Waals surface area contributed by atoms with Crippen molar-refractivity contribution in [3.8, 4) is 11.5 Å². The number of para-hydroxylation sites is 2. The van der Waals surface area contributed by atoms with Gasteiger partial charge in [-0.3, -0.25) is 4.79 Å². The average molecular weight is 241 g/mol. The van der Waals surface area contributed by atoms with E-state index in [1.807, 2.05) is 18.2 Å². The van der Waals surface area contributed by atoms with Crippen LogP contribution in [0.2, 0.25) is 0 Å². The van der Waals surface area contributed by atoms with E-state index in [0.29, 0.717) is 11.5 Å². The van der Waals surface area contributed by atoms with Gasteiger partial charge in [0.15, 0.2) is 11.5 Å². The zero-order valence-electron chi connectivity index (χ0n) is 9.27. The molecule has 1 aliphatic heterocycles. The van der Waals surface area contributed by atoms with E-state index in [4.69, 9.17) is 9.47 Å². The Bertz CT molecular complexity index is 357. The summed E-state index contributed by atoms with van der Waals surface area (Å²) in [4.78, 5) is 11.3. The molecule has 4 nitrogen and oxygen atoms in total. The number of rotatable bonds is 1. The smallest absolute Gasteiger partial charge is 0.264 e. The lowest BCUT2D eigenvalue weighted by Crippen LogP contribution is -2.42. The quantitative estimate of drug-likeness (QED) is 0.724. The van der Waals surface area contributed by atoms with Crippen molar-refractivity contribution in [3.63, 3.8) is 0 Å². The maximum absolute atomic E-state index is 11.3. The second-order valence-electron chi connectivity index (χ2n) is 2.98. The van der Waals surface area contributed by atoms with Crippen molar-refractivity contribution in [1.82, 2.24) is 5.32 Å². The Balaban J connectivity index is 0.000000606. The van der Waals surface area contributed by atoms with E-state index in [0.717, 1.165) is 0 Å². The lowest BCUT2D eigenvalue weighted by atomic mass is 10.2. The molecule has 16 heavy (non-hydrogen) atoms. The number of nitrogens with one attached hydrogen (secondary N) is 1. The van der Waals surface area contributed by atoms with Gasteiger partial charge in [-0.15, -0.1) is 0 Å². The number of hydrogen-bond acceptors (Lipinski definition) is 4. The predicted molar refractivity (Wildman–Crippen MR) is 65.3 cm³/mol. The van der Waals surface area contributed by atoms with Gasteiger partial charge in [-0.2, -0.15) is 12.6 Å². The van der Waals surface area contributed by atoms with Gasteiger partial charge in [0.05, 0.1) is 0 Å². The maximum atomic E-state index is 11.3. The first-order valence-electron chi connectivity index (χ1n) is 4.86. The van der Waals surface area contributed by atoms with Gasteiger partial charge in [0, 0.05) is 7.05 Å². The van der Waals surface area contributed by atoms with Crippen molar-refractivity contribution in [2.24, 2.45) is 0 Å². The molecule has 1 amide bonds. The molecule has 5 heteroatoms. The van der Waals surface area contributed by atoms with Crippen LogP contribution in [0.5, 0.6) is 11.5 Å². The fourth-order valence-corrected chi connectivity index (χ4v) is 1.31. The van der Waals surface area contributed by atoms with Gasteiger partial charge in [-0.1, -0.05) is 12.1 Å². The van der Waals surface area contributed by atoms with E-state index >= 15 is 0 Å². The van der Waals surface area contributed by atoms with Gasteiger partial charge in [0.2, 0.25) is 6.10 Å². The van der Waals surface area contributed by atoms with Gasteiger partial charge < -0.3 is 14.8 Å². The Labute approximate surface area is 100 Å². The summed E-state index contributed by atoms with van der Waals surface area (Å²) in [5.41, 5.74) is 0. The minimum atomic E-state index is -0.546. The van der Waals surface area contributed by atoms with Crippen molar-refractivity contribution in [2.75, 3.05) is 19.9 Å². The monoisotopic (exact) mass is 241 g/mol. The second-order valence-corrected chi connectivity index (χ2v) is 2.98. The van der Waals surface area contributed by atoms with Gasteiger partial charge in [0.25, 0.3) is 5.91 Å². The molecule has 0 bridgehead atoms. The Kier molecular flexibility index (Phi) is 4.98. The largest absolute Gasteiger partial charge is 0.485 e. The van der Waals surface area contributed by atoms with Crippen LogP contribution in [-0.4, -0.2) is 31.9 Å². The number of ether oxygens (including phenoxy) is 2. The fourth-order valence-electron chi connectivity index (χ4n) is 1.31. The van der Waals surface area contributed by atoms with Crippen LogP contribution in [0.1, 0.15) is 0 Å². The van der Waals surface area contributed by atoms with E-state index < -0.39 is 6.10 Å². The summed E-state index contributed by atoms with van der Waals surface area (Å²) in [7, 11) is 1.58. The highest BCUT2D eigenvalue weighted by atomic mass is 32.1. The molecule has 0 unspecified atom stereocenters. The van der Waals surface area contributed by atoms with Crippen LogP contribution < -0.4 is 14.8 Å². The first-order valence-corrected chi connectivity index (χ1v) is 5.75. The maximum Gasteiger partial charge on any atom is 0.264 e. The first-order chi connectivity index (χ1) is 7.81. The molecule has 1 N–H and O–H groups in total. The summed E-state index contributed by atoms with van der Waals surface area (Å²) in [5.74, 6) is 1.14. The second kappa shape index (κ2) is 6.27. The Morgan fingerprint density at radius 1 is 1.38 bits per heavy atom. The molecule has 88 valence electrons. The number of carbonyl (C=O) groups excluding carboxylic acids is 1. The van der Waals surface area contributed by atoms with Crippen LogP contribution in [0.3, 0.4) is 0 Å². The van der Waals surface area contributed by atoms with Crippen molar-refractivity contribution >= 4 is 18.5 Å². The van der Waals surface area contributed by atoms with Gasteiger partial charge in [-0.05, 0) is 18.4 Å². The molecule has 0 radical (unpaired) electrons. The summed E-state index contributed by atoms with van der Waals surface area (Å²) in [6.07, 6.45) is 1.15. The van der Waals surface area contributed by atoms with E-state index in [9.17, 15) is 4.79 Å². The lowest BCUT2D eigenvalue weighted by Gasteiger charge is -2.24. The van der Waals surface area contributed by atoms with Crippen molar-refractivity contribution in [2.45, 2.75) is 6.10 Å². The highest BCUT2D eigenvalue weighted by molar-refractivity contribution is 7.79. The fraction of sp³-hybridized carbons (Fsp3) is 0.364. The highest BCUT2D eigenvalue weighted by Gasteiger charge is 2.25. The summed E-state index contributed by atoms with van der Waals surface area (Å²) >= 11 is 3.53. The topological polar surface area (TPSA) is 47.6 Å². The minimum absolute atomic E-state index is 0.167. The Morgan fingerprint density at radius 2 is 2.00 bits per heavy atom. The van der Waals surface area contributed by atoms with Crippen LogP contribution in [0.4, 0.5) is 0 Å². The van der Waals surface area contributed by atoms with Crippen molar-refractivity contribution in [1.29, 1.82) is 0 Å². The zero-order chi connectivity index (χ0) is 12.0. The number of benzene rings is 1. The summed E-state index contributed by atoms with van der Waals surface area (Å²) in [6, 6.07) is 7.30. The number of hydrogen-bond donors (Lipinski definition) is 2. The van der Waals surface area contributed by atoms with E-state index in [1.165, 1.54) is 0 Å². The normalized spacial score (nSPS) is 16.8. The molecule has 1 atom stereocenters. The molecule has 1 heterocycles. The van der Waals surface area contributed by atoms with Gasteiger partial charge in [0.1, 0.15) is 6.61 Å². The van der Waals surface area contributed by atoms with Gasteiger partial charge >= 0.3 is 0 Å². The highest BCUT2D eigenvalue weighted by Crippen LogP contribution is 2.30. The number of thiol groups is 1. The number of fused-ring (bicyclic) bond motifs is 1. The van der Waals surface area contributed by atoms with Crippen molar-refractivity contribution < 1.29 is 14.3 Å². The molecular formula is C11H15NO3S. The van der Waals surface area contributed by atoms with Crippen LogP contribution in [0.15, 0.2) is 24.3 Å². The molecular weight excluding hydrogens is 226 g/mol. The number of carbonyl (C=O) groups is 1. The molecule has 1 aromatic rings. The van der Waals surface area contributed by atoms with E-state index in [2.05, 4.69) is 17.9 Å². The zero-order valence-corrected chi connectivity index (χ0v) is 10.2. The van der Waals surface area contributed by atoms with Crippen LogP contribution in [0.25, 0.3) is 0 Å². The van der Waals surface area contributed by atoms with E-state index in [1.54, 1.807) is 19.4 Å². The third kappa shape index (κ3) is 2.82. The third-order valence-electron chi connectivity index (χ3n) is 2.05. The summed E-state index contributed by atoms with van der Waals surface area (Å²) < 4.78 is 10.8. The molecule has 1 aromatic carbocycles. The average Bonchev–Trinajstić information content (AvgIpc) is 2.39. The predicted octanol–water partition coefficient (Wildman–Crippen LogP) is 1.12. The van der Waals surface area contributed by atoms with Gasteiger partial charge in [-0.25, -0.2) is 0 Å². The molecule has 0 aliphatic carbocycles. The number of amides is 1. The SMILES string of the molecule is CNC(=O)[C@@H]1COc2ccccc2O1.CS. The van der Waals surface area contributed by atoms with Crippen LogP contribution >= 0.6 is 12.6 Å². The van der Waals surface area contributed by atoms with E-state index in [-0.39, 0.29) is 12.5 Å². The minimum Gasteiger partial charge on any atom is -0.485 e. The molecule has 0 saturated carbocycles. The molecule has 0 fully saturated rings.